The smallest absolute Gasteiger partial charge is 0.407 e. The number of anilines is 4. The van der Waals surface area contributed by atoms with Gasteiger partial charge in [0.25, 0.3) is 0 Å². The number of aliphatic hydroxyl groups is 1. The zero-order valence-electron chi connectivity index (χ0n) is 23.9. The molecule has 3 heterocycles. The first-order chi connectivity index (χ1) is 20.6. The number of esters is 1. The molecular weight excluding hydrogens is 617 g/mol. The van der Waals surface area contributed by atoms with Crippen molar-refractivity contribution >= 4 is 64.9 Å². The predicted octanol–water partition coefficient (Wildman–Crippen LogP) is 1.67. The Morgan fingerprint density at radius 3 is 2.70 bits per heavy atom. The molecule has 0 aliphatic carbocycles. The molecule has 16 nitrogen and oxygen atoms in total. The highest BCUT2D eigenvalue weighted by Gasteiger charge is 2.36. The van der Waals surface area contributed by atoms with Gasteiger partial charge >= 0.3 is 12.1 Å². The molecule has 18 heteroatoms. The minimum absolute atomic E-state index is 0. The number of nitrogens with two attached hydrogens (primary N) is 1. The number of nitrogens with one attached hydrogen (secondary N) is 3. The molecule has 3 aromatic rings. The summed E-state index contributed by atoms with van der Waals surface area (Å²) in [7, 11) is 1.22. The molecule has 2 aromatic heterocycles. The number of amides is 1. The Bertz CT molecular complexity index is 1600. The fourth-order valence-electron chi connectivity index (χ4n) is 4.47. The van der Waals surface area contributed by atoms with Crippen LogP contribution >= 0.6 is 24.0 Å². The number of rotatable bonds is 9. The SMILES string of the molecule is CCNc1nc(Nc2cc(C#N)cc(N3CCC(NC(=O)OC)C(OC(=O)[C@@H](N)[C@@H](C)O)C3)c2Cl)nn2c(C#N)cnc12.Cl. The Morgan fingerprint density at radius 1 is 1.32 bits per heavy atom. The van der Waals surface area contributed by atoms with Crippen molar-refractivity contribution in [3.63, 3.8) is 0 Å². The van der Waals surface area contributed by atoms with Gasteiger partial charge in [0.15, 0.2) is 17.2 Å². The van der Waals surface area contributed by atoms with Crippen LogP contribution in [0.2, 0.25) is 5.02 Å². The van der Waals surface area contributed by atoms with Gasteiger partial charge in [-0.15, -0.1) is 17.5 Å². The van der Waals surface area contributed by atoms with E-state index in [0.717, 1.165) is 0 Å². The highest BCUT2D eigenvalue weighted by atomic mass is 35.5. The predicted molar refractivity (Wildman–Crippen MR) is 162 cm³/mol. The highest BCUT2D eigenvalue weighted by Crippen LogP contribution is 2.37. The molecule has 44 heavy (non-hydrogen) atoms. The van der Waals surface area contributed by atoms with E-state index in [9.17, 15) is 25.2 Å². The summed E-state index contributed by atoms with van der Waals surface area (Å²) >= 11 is 6.86. The summed E-state index contributed by atoms with van der Waals surface area (Å²) in [6.45, 7) is 4.19. The zero-order chi connectivity index (χ0) is 31.3. The number of carbonyl (C=O) groups excluding carboxylic acids is 2. The van der Waals surface area contributed by atoms with Crippen molar-refractivity contribution in [2.45, 2.75) is 44.6 Å². The summed E-state index contributed by atoms with van der Waals surface area (Å²) < 4.78 is 11.7. The fourth-order valence-corrected chi connectivity index (χ4v) is 4.74. The van der Waals surface area contributed by atoms with Gasteiger partial charge in [-0.2, -0.15) is 20.0 Å². The summed E-state index contributed by atoms with van der Waals surface area (Å²) in [5.74, 6) is -0.381. The van der Waals surface area contributed by atoms with Gasteiger partial charge in [-0.1, -0.05) is 11.6 Å². The number of benzene rings is 1. The molecule has 1 aromatic carbocycles. The van der Waals surface area contributed by atoms with E-state index >= 15 is 0 Å². The number of imidazole rings is 1. The molecule has 0 radical (unpaired) electrons. The van der Waals surface area contributed by atoms with Crippen molar-refractivity contribution in [1.29, 1.82) is 10.5 Å². The maximum absolute atomic E-state index is 12.6. The number of nitrogens with zero attached hydrogens (tertiary/aromatic N) is 7. The average Bonchev–Trinajstić information content (AvgIpc) is 3.41. The van der Waals surface area contributed by atoms with Crippen LogP contribution in [0.4, 0.5) is 27.9 Å². The Balaban J connectivity index is 0.00000529. The average molecular weight is 649 g/mol. The highest BCUT2D eigenvalue weighted by molar-refractivity contribution is 6.36. The van der Waals surface area contributed by atoms with E-state index in [-0.39, 0.29) is 41.2 Å². The number of ether oxygens (including phenoxy) is 2. The monoisotopic (exact) mass is 647 g/mol. The second kappa shape index (κ2) is 14.7. The van der Waals surface area contributed by atoms with Crippen LogP contribution in [0.15, 0.2) is 18.3 Å². The molecule has 234 valence electrons. The molecule has 0 saturated carbocycles. The number of nitriles is 2. The van der Waals surface area contributed by atoms with Crippen molar-refractivity contribution < 1.29 is 24.2 Å². The second-order valence-corrected chi connectivity index (χ2v) is 10.00. The number of halogens is 2. The number of methoxy groups -OCH3 is 1. The maximum atomic E-state index is 12.6. The van der Waals surface area contributed by atoms with Crippen molar-refractivity contribution in [3.8, 4) is 12.1 Å². The van der Waals surface area contributed by atoms with Gasteiger partial charge in [0, 0.05) is 13.1 Å². The maximum Gasteiger partial charge on any atom is 0.407 e. The summed E-state index contributed by atoms with van der Waals surface area (Å²) in [6, 6.07) is 5.32. The Morgan fingerprint density at radius 2 is 2.07 bits per heavy atom. The van der Waals surface area contributed by atoms with Crippen molar-refractivity contribution in [3.05, 3.63) is 34.6 Å². The third-order valence-corrected chi connectivity index (χ3v) is 7.10. The molecule has 1 aliphatic rings. The first-order valence-electron chi connectivity index (χ1n) is 13.2. The van der Waals surface area contributed by atoms with E-state index in [4.69, 9.17) is 26.8 Å². The van der Waals surface area contributed by atoms with Crippen LogP contribution in [0.25, 0.3) is 5.65 Å². The standard InChI is InChI=1S/C26H30ClN11O5.ClH/c1-4-31-22-23-32-11-15(10-29)38(23)36-25(35-22)33-17-7-14(9-28)8-18(20(17)27)37-6-5-16(34-26(41)42-3)19(12-37)43-24(40)21(30)13(2)39;/h7-8,11,13,16,19,21,39H,4-6,12,30H2,1-3H3,(H,34,41)(H2,31,33,35,36);1H/t13-,16?,19?,21+;/m1./s1. The van der Waals surface area contributed by atoms with E-state index in [0.29, 0.717) is 42.4 Å². The molecule has 4 rings (SSSR count). The lowest BCUT2D eigenvalue weighted by molar-refractivity contribution is -0.154. The van der Waals surface area contributed by atoms with Crippen LogP contribution in [0, 0.1) is 22.7 Å². The van der Waals surface area contributed by atoms with Gasteiger partial charge in [0.05, 0.1) is 60.0 Å². The number of hydrogen-bond donors (Lipinski definition) is 5. The van der Waals surface area contributed by atoms with Crippen molar-refractivity contribution in [2.75, 3.05) is 42.3 Å². The molecule has 2 unspecified atom stereocenters. The summed E-state index contributed by atoms with van der Waals surface area (Å²) in [6.07, 6.45) is -1.07. The van der Waals surface area contributed by atoms with Gasteiger partial charge in [-0.3, -0.25) is 4.79 Å². The number of aliphatic hydroxyl groups excluding tert-OH is 1. The minimum atomic E-state index is -1.29. The number of aromatic nitrogens is 4. The van der Waals surface area contributed by atoms with E-state index < -0.39 is 36.4 Å². The van der Waals surface area contributed by atoms with Crippen LogP contribution < -0.4 is 26.6 Å². The minimum Gasteiger partial charge on any atom is -0.457 e. The molecular formula is C26H31Cl2N11O5. The Hall–Kier alpha value is -4.61. The van der Waals surface area contributed by atoms with E-state index in [1.807, 2.05) is 13.0 Å². The first kappa shape index (κ1) is 33.9. The second-order valence-electron chi connectivity index (χ2n) is 9.62. The van der Waals surface area contributed by atoms with Gasteiger partial charge in [0.2, 0.25) is 5.95 Å². The van der Waals surface area contributed by atoms with Gasteiger partial charge < -0.3 is 41.2 Å². The summed E-state index contributed by atoms with van der Waals surface area (Å²) in [4.78, 5) is 35.1. The molecule has 0 spiro atoms. The summed E-state index contributed by atoms with van der Waals surface area (Å²) in [5, 5.41) is 42.4. The Kier molecular flexibility index (Phi) is 11.3. The number of alkyl carbamates (subject to hydrolysis) is 1. The van der Waals surface area contributed by atoms with Gasteiger partial charge in [-0.05, 0) is 32.4 Å². The number of fused-ring (bicyclic) bond motifs is 1. The quantitative estimate of drug-likeness (QED) is 0.208. The van der Waals surface area contributed by atoms with Crippen molar-refractivity contribution in [1.82, 2.24) is 24.9 Å². The van der Waals surface area contributed by atoms with Crippen LogP contribution in [-0.4, -0.2) is 87.8 Å². The molecule has 1 saturated heterocycles. The van der Waals surface area contributed by atoms with Crippen LogP contribution in [0.1, 0.15) is 31.5 Å². The normalized spacial score (nSPS) is 17.3. The van der Waals surface area contributed by atoms with E-state index in [2.05, 4.69) is 37.1 Å². The number of hydrogen-bond acceptors (Lipinski definition) is 14. The topological polar surface area (TPSA) is 229 Å². The number of piperidine rings is 1. The van der Waals surface area contributed by atoms with Gasteiger partial charge in [0.1, 0.15) is 18.2 Å². The lowest BCUT2D eigenvalue weighted by Gasteiger charge is -2.40. The number of carbonyl (C=O) groups is 2. The fraction of sp³-hybridized carbons (Fsp3) is 0.423. The lowest BCUT2D eigenvalue weighted by Crippen LogP contribution is -2.57. The summed E-state index contributed by atoms with van der Waals surface area (Å²) in [5.41, 5.74) is 7.32. The molecule has 1 amide bonds. The molecule has 4 atom stereocenters. The molecule has 6 N–H and O–H groups in total. The Labute approximate surface area is 263 Å². The molecule has 0 bridgehead atoms. The van der Waals surface area contributed by atoms with E-state index in [1.54, 1.807) is 11.0 Å². The third kappa shape index (κ3) is 7.29. The van der Waals surface area contributed by atoms with E-state index in [1.165, 1.54) is 30.8 Å². The molecule has 1 aliphatic heterocycles. The van der Waals surface area contributed by atoms with Crippen LogP contribution in [0.5, 0.6) is 0 Å². The van der Waals surface area contributed by atoms with Gasteiger partial charge in [-0.25, -0.2) is 9.78 Å². The van der Waals surface area contributed by atoms with Crippen molar-refractivity contribution in [2.24, 2.45) is 5.73 Å². The van der Waals surface area contributed by atoms with Crippen LogP contribution in [-0.2, 0) is 14.3 Å². The first-order valence-corrected chi connectivity index (χ1v) is 13.6. The van der Waals surface area contributed by atoms with Crippen LogP contribution in [0.3, 0.4) is 0 Å². The zero-order valence-corrected chi connectivity index (χ0v) is 25.5. The largest absolute Gasteiger partial charge is 0.457 e. The molecule has 1 fully saturated rings. The lowest BCUT2D eigenvalue weighted by atomic mass is 10.00. The third-order valence-electron chi connectivity index (χ3n) is 6.70.